The number of hydrogen-bond acceptors (Lipinski definition) is 1. The van der Waals surface area contributed by atoms with Crippen molar-refractivity contribution in [2.24, 2.45) is 23.5 Å². The third-order valence-corrected chi connectivity index (χ3v) is 4.77. The van der Waals surface area contributed by atoms with Gasteiger partial charge in [-0.05, 0) is 24.2 Å². The van der Waals surface area contributed by atoms with Crippen molar-refractivity contribution in [3.63, 3.8) is 0 Å². The summed E-state index contributed by atoms with van der Waals surface area (Å²) in [5.74, 6) is 2.31. The quantitative estimate of drug-likeness (QED) is 0.527. The van der Waals surface area contributed by atoms with Crippen LogP contribution >= 0.6 is 0 Å². The van der Waals surface area contributed by atoms with Gasteiger partial charge in [-0.1, -0.05) is 79.6 Å². The third-order valence-electron chi connectivity index (χ3n) is 4.77. The van der Waals surface area contributed by atoms with Gasteiger partial charge in [-0.2, -0.15) is 0 Å². The molecule has 0 aromatic heterocycles. The van der Waals surface area contributed by atoms with E-state index in [9.17, 15) is 0 Å². The van der Waals surface area contributed by atoms with Crippen molar-refractivity contribution in [3.8, 4) is 0 Å². The fraction of sp³-hybridized carbons (Fsp3) is 1.00. The van der Waals surface area contributed by atoms with Gasteiger partial charge in [-0.3, -0.25) is 0 Å². The van der Waals surface area contributed by atoms with Crippen LogP contribution in [0.1, 0.15) is 86.0 Å². The lowest BCUT2D eigenvalue weighted by Gasteiger charge is -2.35. The summed E-state index contributed by atoms with van der Waals surface area (Å²) < 4.78 is 0. The van der Waals surface area contributed by atoms with Crippen LogP contribution in [0.3, 0.4) is 0 Å². The SMILES string of the molecule is CCCCC(CC)C(CCC)C(N)C(CC)CC. The van der Waals surface area contributed by atoms with E-state index in [1.807, 2.05) is 0 Å². The van der Waals surface area contributed by atoms with Gasteiger partial charge in [-0.15, -0.1) is 0 Å². The maximum atomic E-state index is 6.62. The van der Waals surface area contributed by atoms with E-state index < -0.39 is 0 Å². The average Bonchev–Trinajstić information content (AvgIpc) is 2.39. The van der Waals surface area contributed by atoms with E-state index in [0.29, 0.717) is 6.04 Å². The molecular formula is C17H37N. The molecule has 0 saturated carbocycles. The molecule has 0 aromatic rings. The molecule has 0 rings (SSSR count). The van der Waals surface area contributed by atoms with Crippen molar-refractivity contribution in [1.29, 1.82) is 0 Å². The highest BCUT2D eigenvalue weighted by Gasteiger charge is 2.28. The second-order valence-electron chi connectivity index (χ2n) is 5.92. The first-order chi connectivity index (χ1) is 8.65. The van der Waals surface area contributed by atoms with Crippen LogP contribution in [0.15, 0.2) is 0 Å². The lowest BCUT2D eigenvalue weighted by atomic mass is 9.73. The fourth-order valence-corrected chi connectivity index (χ4v) is 3.45. The van der Waals surface area contributed by atoms with Crippen LogP contribution in [0.5, 0.6) is 0 Å². The van der Waals surface area contributed by atoms with E-state index in [-0.39, 0.29) is 0 Å². The van der Waals surface area contributed by atoms with Crippen LogP contribution in [0.2, 0.25) is 0 Å². The van der Waals surface area contributed by atoms with Gasteiger partial charge in [-0.25, -0.2) is 0 Å². The van der Waals surface area contributed by atoms with Gasteiger partial charge >= 0.3 is 0 Å². The molecule has 110 valence electrons. The number of hydrogen-bond donors (Lipinski definition) is 1. The molecule has 18 heavy (non-hydrogen) atoms. The zero-order valence-electron chi connectivity index (χ0n) is 13.5. The highest BCUT2D eigenvalue weighted by atomic mass is 14.7. The fourth-order valence-electron chi connectivity index (χ4n) is 3.45. The summed E-state index contributed by atoms with van der Waals surface area (Å²) in [5, 5.41) is 0. The van der Waals surface area contributed by atoms with Crippen LogP contribution in [0, 0.1) is 17.8 Å². The minimum Gasteiger partial charge on any atom is -0.327 e. The predicted octanol–water partition coefficient (Wildman–Crippen LogP) is 5.38. The van der Waals surface area contributed by atoms with Gasteiger partial charge in [0.2, 0.25) is 0 Å². The molecule has 1 nitrogen and oxygen atoms in total. The molecule has 0 fully saturated rings. The zero-order chi connectivity index (χ0) is 14.0. The first-order valence-electron chi connectivity index (χ1n) is 8.41. The Kier molecular flexibility index (Phi) is 10.8. The van der Waals surface area contributed by atoms with Crippen molar-refractivity contribution in [1.82, 2.24) is 0 Å². The molecule has 3 unspecified atom stereocenters. The molecule has 2 N–H and O–H groups in total. The summed E-state index contributed by atoms with van der Waals surface area (Å²) in [4.78, 5) is 0. The third kappa shape index (κ3) is 5.73. The Balaban J connectivity index is 4.66. The topological polar surface area (TPSA) is 26.0 Å². The molecule has 1 heteroatoms. The van der Waals surface area contributed by atoms with Gasteiger partial charge in [0, 0.05) is 6.04 Å². The Morgan fingerprint density at radius 3 is 1.67 bits per heavy atom. The molecule has 0 aromatic carbocycles. The minimum atomic E-state index is 0.418. The molecule has 0 aliphatic rings. The summed E-state index contributed by atoms with van der Waals surface area (Å²) >= 11 is 0. The first-order valence-corrected chi connectivity index (χ1v) is 8.41. The molecule has 3 atom stereocenters. The van der Waals surface area contributed by atoms with Crippen molar-refractivity contribution < 1.29 is 0 Å². The number of unbranched alkanes of at least 4 members (excludes halogenated alkanes) is 1. The van der Waals surface area contributed by atoms with Crippen molar-refractivity contribution in [2.75, 3.05) is 0 Å². The van der Waals surface area contributed by atoms with Crippen LogP contribution in [-0.4, -0.2) is 6.04 Å². The van der Waals surface area contributed by atoms with E-state index in [0.717, 1.165) is 17.8 Å². The second kappa shape index (κ2) is 10.8. The minimum absolute atomic E-state index is 0.418. The molecule has 0 aliphatic carbocycles. The molecule has 0 saturated heterocycles. The monoisotopic (exact) mass is 255 g/mol. The summed E-state index contributed by atoms with van der Waals surface area (Å²) in [6.07, 6.45) is 10.4. The maximum Gasteiger partial charge on any atom is 0.00980 e. The Morgan fingerprint density at radius 1 is 0.722 bits per heavy atom. The molecule has 0 heterocycles. The van der Waals surface area contributed by atoms with Crippen LogP contribution in [0.4, 0.5) is 0 Å². The van der Waals surface area contributed by atoms with Gasteiger partial charge in [0.05, 0.1) is 0 Å². The number of rotatable bonds is 11. The van der Waals surface area contributed by atoms with Gasteiger partial charge in [0.15, 0.2) is 0 Å². The highest BCUT2D eigenvalue weighted by molar-refractivity contribution is 4.83. The highest BCUT2D eigenvalue weighted by Crippen LogP contribution is 2.32. The zero-order valence-corrected chi connectivity index (χ0v) is 13.5. The van der Waals surface area contributed by atoms with E-state index in [1.165, 1.54) is 51.4 Å². The lowest BCUT2D eigenvalue weighted by molar-refractivity contribution is 0.186. The van der Waals surface area contributed by atoms with Crippen LogP contribution in [-0.2, 0) is 0 Å². The molecule has 0 spiro atoms. The standard InChI is InChI=1S/C17H37N/c1-6-11-13-15(10-5)16(12-7-2)17(18)14(8-3)9-4/h14-17H,6-13,18H2,1-5H3. The normalized spacial score (nSPS) is 16.8. The van der Waals surface area contributed by atoms with E-state index in [1.54, 1.807) is 0 Å². The van der Waals surface area contributed by atoms with E-state index in [4.69, 9.17) is 5.73 Å². The van der Waals surface area contributed by atoms with Crippen LogP contribution < -0.4 is 5.73 Å². The van der Waals surface area contributed by atoms with Gasteiger partial charge < -0.3 is 5.73 Å². The summed E-state index contributed by atoms with van der Waals surface area (Å²) in [7, 11) is 0. The van der Waals surface area contributed by atoms with Gasteiger partial charge in [0.1, 0.15) is 0 Å². The molecular weight excluding hydrogens is 218 g/mol. The van der Waals surface area contributed by atoms with Crippen molar-refractivity contribution in [3.05, 3.63) is 0 Å². The first kappa shape index (κ1) is 18.0. The largest absolute Gasteiger partial charge is 0.327 e. The van der Waals surface area contributed by atoms with E-state index in [2.05, 4.69) is 34.6 Å². The summed E-state index contributed by atoms with van der Waals surface area (Å²) in [6.45, 7) is 11.5. The number of nitrogens with two attached hydrogens (primary N) is 1. The second-order valence-corrected chi connectivity index (χ2v) is 5.92. The van der Waals surface area contributed by atoms with Crippen LogP contribution in [0.25, 0.3) is 0 Å². The van der Waals surface area contributed by atoms with Crippen molar-refractivity contribution >= 4 is 0 Å². The Labute approximate surface area is 116 Å². The smallest absolute Gasteiger partial charge is 0.00980 e. The Morgan fingerprint density at radius 2 is 1.28 bits per heavy atom. The average molecular weight is 255 g/mol. The molecule has 0 bridgehead atoms. The molecule has 0 radical (unpaired) electrons. The summed E-state index contributed by atoms with van der Waals surface area (Å²) in [6, 6.07) is 0.418. The Bertz CT molecular complexity index is 174. The van der Waals surface area contributed by atoms with E-state index >= 15 is 0 Å². The molecule has 0 aliphatic heterocycles. The Hall–Kier alpha value is -0.0400. The van der Waals surface area contributed by atoms with Crippen molar-refractivity contribution in [2.45, 2.75) is 92.0 Å². The maximum absolute atomic E-state index is 6.62. The molecule has 0 amide bonds. The predicted molar refractivity (Wildman–Crippen MR) is 83.8 cm³/mol. The lowest BCUT2D eigenvalue weighted by Crippen LogP contribution is -2.41. The summed E-state index contributed by atoms with van der Waals surface area (Å²) in [5.41, 5.74) is 6.62. The van der Waals surface area contributed by atoms with Gasteiger partial charge in [0.25, 0.3) is 0 Å².